The van der Waals surface area contributed by atoms with Crippen LogP contribution in [0, 0.1) is 11.6 Å². The van der Waals surface area contributed by atoms with Crippen molar-refractivity contribution >= 4 is 35.6 Å². The number of nitrogens with one attached hydrogen (secondary N) is 1. The van der Waals surface area contributed by atoms with Gasteiger partial charge in [0.05, 0.1) is 6.54 Å². The number of rotatable bonds is 5. The van der Waals surface area contributed by atoms with Crippen LogP contribution in [0.3, 0.4) is 0 Å². The Morgan fingerprint density at radius 1 is 1.09 bits per heavy atom. The summed E-state index contributed by atoms with van der Waals surface area (Å²) in [4.78, 5) is 4.06. The summed E-state index contributed by atoms with van der Waals surface area (Å²) >= 11 is 0. The number of para-hydroxylation sites is 1. The minimum Gasteiger partial charge on any atom is -0.492 e. The van der Waals surface area contributed by atoms with E-state index in [0.29, 0.717) is 6.54 Å². The van der Waals surface area contributed by atoms with Gasteiger partial charge in [-0.25, -0.2) is 13.8 Å². The highest BCUT2D eigenvalue weighted by Gasteiger charge is 2.02. The largest absolute Gasteiger partial charge is 0.492 e. The molecule has 0 aromatic heterocycles. The van der Waals surface area contributed by atoms with E-state index in [4.69, 9.17) is 10.5 Å². The third-order valence-corrected chi connectivity index (χ3v) is 2.58. The van der Waals surface area contributed by atoms with Gasteiger partial charge in [-0.1, -0.05) is 18.2 Å². The molecule has 2 aromatic carbocycles. The van der Waals surface area contributed by atoms with Gasteiger partial charge in [0, 0.05) is 11.8 Å². The van der Waals surface area contributed by atoms with Gasteiger partial charge in [-0.3, -0.25) is 0 Å². The van der Waals surface area contributed by atoms with E-state index < -0.39 is 11.6 Å². The van der Waals surface area contributed by atoms with Crippen molar-refractivity contribution in [3.63, 3.8) is 0 Å². The maximum Gasteiger partial charge on any atom is 0.193 e. The Balaban J connectivity index is 0.00000242. The van der Waals surface area contributed by atoms with Crippen LogP contribution in [0.25, 0.3) is 0 Å². The Morgan fingerprint density at radius 2 is 1.82 bits per heavy atom. The molecule has 0 unspecified atom stereocenters. The number of guanidine groups is 1. The van der Waals surface area contributed by atoms with E-state index in [2.05, 4.69) is 10.3 Å². The number of halogens is 3. The van der Waals surface area contributed by atoms with E-state index in [0.717, 1.165) is 17.8 Å². The third-order valence-electron chi connectivity index (χ3n) is 2.58. The zero-order valence-corrected chi connectivity index (χ0v) is 14.0. The molecule has 4 nitrogen and oxygen atoms in total. The quantitative estimate of drug-likeness (QED) is 0.338. The van der Waals surface area contributed by atoms with Gasteiger partial charge in [0.1, 0.15) is 12.4 Å². The lowest BCUT2D eigenvalue weighted by atomic mass is 10.3. The molecular formula is C15H16F2IN3O. The fourth-order valence-corrected chi connectivity index (χ4v) is 1.61. The number of aliphatic imine (C=N–C) groups is 1. The standard InChI is InChI=1S/C15H15F2N3O.HI/c16-13-7-6-12(10-14(13)17)21-9-8-19-15(18)20-11-4-2-1-3-5-11;/h1-7,10H,8-9H2,(H3,18,19,20);1H. The molecular weight excluding hydrogens is 403 g/mol. The second-order valence-electron chi connectivity index (χ2n) is 4.18. The second kappa shape index (κ2) is 9.19. The highest BCUT2D eigenvalue weighted by Crippen LogP contribution is 2.15. The molecule has 0 heterocycles. The number of benzene rings is 2. The Morgan fingerprint density at radius 3 is 2.50 bits per heavy atom. The Hall–Kier alpha value is -1.90. The molecule has 0 bridgehead atoms. The fourth-order valence-electron chi connectivity index (χ4n) is 1.61. The molecule has 2 rings (SSSR count). The minimum absolute atomic E-state index is 0. The monoisotopic (exact) mass is 419 g/mol. The first-order chi connectivity index (χ1) is 10.1. The van der Waals surface area contributed by atoms with Gasteiger partial charge in [-0.15, -0.1) is 24.0 Å². The molecule has 0 aliphatic carbocycles. The van der Waals surface area contributed by atoms with Crippen molar-refractivity contribution in [3.05, 3.63) is 60.2 Å². The summed E-state index contributed by atoms with van der Waals surface area (Å²) in [5.74, 6) is -1.34. The van der Waals surface area contributed by atoms with Crippen LogP contribution in [0.5, 0.6) is 5.75 Å². The van der Waals surface area contributed by atoms with E-state index in [-0.39, 0.29) is 42.3 Å². The molecule has 7 heteroatoms. The first-order valence-corrected chi connectivity index (χ1v) is 6.35. The number of hydrogen-bond donors (Lipinski definition) is 2. The summed E-state index contributed by atoms with van der Waals surface area (Å²) in [7, 11) is 0. The number of nitrogens with two attached hydrogens (primary N) is 1. The van der Waals surface area contributed by atoms with E-state index >= 15 is 0 Å². The van der Waals surface area contributed by atoms with Crippen molar-refractivity contribution in [1.82, 2.24) is 0 Å². The molecule has 0 radical (unpaired) electrons. The van der Waals surface area contributed by atoms with E-state index in [1.807, 2.05) is 30.3 Å². The normalized spacial score (nSPS) is 10.7. The smallest absolute Gasteiger partial charge is 0.193 e. The number of ether oxygens (including phenoxy) is 1. The van der Waals surface area contributed by atoms with E-state index in [9.17, 15) is 8.78 Å². The van der Waals surface area contributed by atoms with Gasteiger partial charge in [-0.05, 0) is 24.3 Å². The molecule has 0 spiro atoms. The first kappa shape index (κ1) is 18.1. The van der Waals surface area contributed by atoms with Crippen molar-refractivity contribution in [2.24, 2.45) is 10.7 Å². The van der Waals surface area contributed by atoms with Gasteiger partial charge in [0.2, 0.25) is 0 Å². The molecule has 0 aliphatic rings. The predicted octanol–water partition coefficient (Wildman–Crippen LogP) is 3.39. The van der Waals surface area contributed by atoms with Gasteiger partial charge in [0.15, 0.2) is 17.6 Å². The summed E-state index contributed by atoms with van der Waals surface area (Å²) in [6, 6.07) is 12.7. The van der Waals surface area contributed by atoms with Crippen molar-refractivity contribution in [3.8, 4) is 5.75 Å². The topological polar surface area (TPSA) is 59.6 Å². The van der Waals surface area contributed by atoms with Crippen LogP contribution in [0.15, 0.2) is 53.5 Å². The molecule has 22 heavy (non-hydrogen) atoms. The second-order valence-corrected chi connectivity index (χ2v) is 4.18. The van der Waals surface area contributed by atoms with Crippen LogP contribution in [-0.4, -0.2) is 19.1 Å². The highest BCUT2D eigenvalue weighted by molar-refractivity contribution is 14.0. The fraction of sp³-hybridized carbons (Fsp3) is 0.133. The van der Waals surface area contributed by atoms with Crippen LogP contribution in [0.4, 0.5) is 14.5 Å². The van der Waals surface area contributed by atoms with Gasteiger partial charge >= 0.3 is 0 Å². The third kappa shape index (κ3) is 5.84. The predicted molar refractivity (Wildman–Crippen MR) is 93.8 cm³/mol. The van der Waals surface area contributed by atoms with Gasteiger partial charge in [-0.2, -0.15) is 0 Å². The zero-order valence-electron chi connectivity index (χ0n) is 11.6. The lowest BCUT2D eigenvalue weighted by Crippen LogP contribution is -2.23. The molecule has 2 aromatic rings. The van der Waals surface area contributed by atoms with Crippen LogP contribution >= 0.6 is 24.0 Å². The Bertz CT molecular complexity index is 623. The summed E-state index contributed by atoms with van der Waals surface area (Å²) in [6.45, 7) is 0.507. The molecule has 0 fully saturated rings. The number of hydrogen-bond acceptors (Lipinski definition) is 2. The van der Waals surface area contributed by atoms with E-state index in [1.54, 1.807) is 0 Å². The van der Waals surface area contributed by atoms with Crippen molar-refractivity contribution in [1.29, 1.82) is 0 Å². The molecule has 3 N–H and O–H groups in total. The Kier molecular flexibility index (Phi) is 7.58. The lowest BCUT2D eigenvalue weighted by molar-refractivity contribution is 0.325. The summed E-state index contributed by atoms with van der Waals surface area (Å²) in [5, 5.41) is 2.92. The molecule has 0 saturated carbocycles. The number of nitrogens with zero attached hydrogens (tertiary/aromatic N) is 1. The summed E-state index contributed by atoms with van der Waals surface area (Å²) in [5.41, 5.74) is 6.54. The first-order valence-electron chi connectivity index (χ1n) is 6.35. The molecule has 0 atom stereocenters. The van der Waals surface area contributed by atoms with Gasteiger partial charge in [0.25, 0.3) is 0 Å². The van der Waals surface area contributed by atoms with Crippen LogP contribution in [0.1, 0.15) is 0 Å². The van der Waals surface area contributed by atoms with Gasteiger partial charge < -0.3 is 15.8 Å². The zero-order chi connectivity index (χ0) is 15.1. The van der Waals surface area contributed by atoms with Crippen molar-refractivity contribution in [2.45, 2.75) is 0 Å². The summed E-state index contributed by atoms with van der Waals surface area (Å²) in [6.07, 6.45) is 0. The lowest BCUT2D eigenvalue weighted by Gasteiger charge is -2.06. The van der Waals surface area contributed by atoms with Crippen molar-refractivity contribution < 1.29 is 13.5 Å². The molecule has 0 aliphatic heterocycles. The SMILES string of the molecule is I.NC(=NCCOc1ccc(F)c(F)c1)Nc1ccccc1. The molecule has 0 amide bonds. The highest BCUT2D eigenvalue weighted by atomic mass is 127. The van der Waals surface area contributed by atoms with Crippen LogP contribution < -0.4 is 15.8 Å². The minimum atomic E-state index is -0.943. The average Bonchev–Trinajstić information content (AvgIpc) is 2.48. The van der Waals surface area contributed by atoms with Crippen LogP contribution in [-0.2, 0) is 0 Å². The molecule has 0 saturated heterocycles. The summed E-state index contributed by atoms with van der Waals surface area (Å²) < 4.78 is 30.9. The van der Waals surface area contributed by atoms with Crippen LogP contribution in [0.2, 0.25) is 0 Å². The van der Waals surface area contributed by atoms with E-state index in [1.165, 1.54) is 6.07 Å². The Labute approximate surface area is 144 Å². The maximum atomic E-state index is 12.9. The number of anilines is 1. The average molecular weight is 419 g/mol. The molecule has 118 valence electrons. The van der Waals surface area contributed by atoms with Crippen molar-refractivity contribution in [2.75, 3.05) is 18.5 Å². The maximum absolute atomic E-state index is 12.9.